The van der Waals surface area contributed by atoms with Gasteiger partial charge in [-0.15, -0.1) is 0 Å². The Labute approximate surface area is 99.7 Å². The van der Waals surface area contributed by atoms with Gasteiger partial charge in [-0.1, -0.05) is 32.6 Å². The Morgan fingerprint density at radius 2 is 1.88 bits per heavy atom. The third-order valence-corrected chi connectivity index (χ3v) is 6.04. The molecule has 1 saturated carbocycles. The summed E-state index contributed by atoms with van der Waals surface area (Å²) in [7, 11) is -2.90. The van der Waals surface area contributed by atoms with E-state index in [1.165, 1.54) is 0 Å². The summed E-state index contributed by atoms with van der Waals surface area (Å²) in [5.74, 6) is 0.572. The average molecular weight is 247 g/mol. The minimum absolute atomic E-state index is 0.150. The Morgan fingerprint density at radius 3 is 2.50 bits per heavy atom. The van der Waals surface area contributed by atoms with Crippen LogP contribution in [0.1, 0.15) is 51.9 Å². The summed E-state index contributed by atoms with van der Waals surface area (Å²) >= 11 is 0. The zero-order valence-electron chi connectivity index (χ0n) is 10.3. The van der Waals surface area contributed by atoms with E-state index in [0.717, 1.165) is 44.9 Å². The van der Waals surface area contributed by atoms with Crippen molar-refractivity contribution in [1.29, 1.82) is 0 Å². The summed E-state index contributed by atoms with van der Waals surface area (Å²) in [6.45, 7) is 2.62. The van der Waals surface area contributed by atoms with Crippen LogP contribution in [0.25, 0.3) is 0 Å². The van der Waals surface area contributed by atoms with Gasteiger partial charge in [0.1, 0.15) is 0 Å². The van der Waals surface area contributed by atoms with Gasteiger partial charge >= 0.3 is 0 Å². The van der Waals surface area contributed by atoms with Gasteiger partial charge in [-0.2, -0.15) is 0 Å². The smallest absolute Gasteiger partial charge is 0.153 e. The summed E-state index contributed by atoms with van der Waals surface area (Å²) in [6, 6.07) is 0. The standard InChI is InChI=1S/C12H25NO2S/c1-2-3-6-9-16(14,15)12-8-5-4-7-11(12)10-13/h11-12H,2-10,13H2,1H3. The van der Waals surface area contributed by atoms with Gasteiger partial charge in [0.2, 0.25) is 0 Å². The molecule has 1 aliphatic carbocycles. The van der Waals surface area contributed by atoms with Crippen molar-refractivity contribution in [2.24, 2.45) is 11.7 Å². The van der Waals surface area contributed by atoms with E-state index in [9.17, 15) is 8.42 Å². The van der Waals surface area contributed by atoms with E-state index in [2.05, 4.69) is 6.92 Å². The second-order valence-electron chi connectivity index (χ2n) is 4.89. The van der Waals surface area contributed by atoms with Gasteiger partial charge in [0.15, 0.2) is 9.84 Å². The minimum Gasteiger partial charge on any atom is -0.330 e. The monoisotopic (exact) mass is 247 g/mol. The van der Waals surface area contributed by atoms with Crippen molar-refractivity contribution in [3.8, 4) is 0 Å². The highest BCUT2D eigenvalue weighted by Crippen LogP contribution is 2.29. The van der Waals surface area contributed by atoms with Crippen molar-refractivity contribution in [3.63, 3.8) is 0 Å². The lowest BCUT2D eigenvalue weighted by Crippen LogP contribution is -2.38. The first kappa shape index (κ1) is 14.0. The maximum Gasteiger partial charge on any atom is 0.153 e. The fourth-order valence-electron chi connectivity index (χ4n) is 2.62. The van der Waals surface area contributed by atoms with Gasteiger partial charge in [0.25, 0.3) is 0 Å². The van der Waals surface area contributed by atoms with Gasteiger partial charge in [-0.25, -0.2) is 8.42 Å². The molecule has 1 aliphatic rings. The number of unbranched alkanes of at least 4 members (excludes halogenated alkanes) is 2. The maximum absolute atomic E-state index is 12.2. The SMILES string of the molecule is CCCCCS(=O)(=O)C1CCCCC1CN. The third-order valence-electron chi connectivity index (χ3n) is 3.64. The first-order valence-corrected chi connectivity index (χ1v) is 8.25. The lowest BCUT2D eigenvalue weighted by Gasteiger charge is -2.30. The molecular weight excluding hydrogens is 222 g/mol. The zero-order chi connectivity index (χ0) is 12.0. The number of rotatable bonds is 6. The van der Waals surface area contributed by atoms with Crippen LogP contribution in [0.4, 0.5) is 0 Å². The van der Waals surface area contributed by atoms with Crippen molar-refractivity contribution >= 4 is 9.84 Å². The van der Waals surface area contributed by atoms with Gasteiger partial charge < -0.3 is 5.73 Å². The molecule has 2 N–H and O–H groups in total. The topological polar surface area (TPSA) is 60.2 Å². The maximum atomic E-state index is 12.2. The molecule has 2 unspecified atom stereocenters. The number of sulfone groups is 1. The third kappa shape index (κ3) is 3.74. The van der Waals surface area contributed by atoms with Gasteiger partial charge in [-0.3, -0.25) is 0 Å². The van der Waals surface area contributed by atoms with E-state index < -0.39 is 9.84 Å². The molecule has 0 aromatic heterocycles. The Hall–Kier alpha value is -0.0900. The molecule has 4 heteroatoms. The molecule has 0 amide bonds. The van der Waals surface area contributed by atoms with Crippen molar-refractivity contribution in [3.05, 3.63) is 0 Å². The van der Waals surface area contributed by atoms with E-state index >= 15 is 0 Å². The molecule has 0 heterocycles. The highest BCUT2D eigenvalue weighted by Gasteiger charge is 2.33. The van der Waals surface area contributed by atoms with Crippen molar-refractivity contribution < 1.29 is 8.42 Å². The van der Waals surface area contributed by atoms with Crippen molar-refractivity contribution in [2.75, 3.05) is 12.3 Å². The number of nitrogens with two attached hydrogens (primary N) is 1. The van der Waals surface area contributed by atoms with Crippen LogP contribution >= 0.6 is 0 Å². The molecule has 96 valence electrons. The molecule has 0 bridgehead atoms. The van der Waals surface area contributed by atoms with Crippen LogP contribution in [0, 0.1) is 5.92 Å². The largest absolute Gasteiger partial charge is 0.330 e. The summed E-state index contributed by atoms with van der Waals surface area (Å²) < 4.78 is 24.3. The molecule has 1 rings (SSSR count). The van der Waals surface area contributed by atoms with E-state index in [1.54, 1.807) is 0 Å². The molecule has 16 heavy (non-hydrogen) atoms. The fraction of sp³-hybridized carbons (Fsp3) is 1.00. The molecule has 0 radical (unpaired) electrons. The Morgan fingerprint density at radius 1 is 1.19 bits per heavy atom. The highest BCUT2D eigenvalue weighted by molar-refractivity contribution is 7.92. The predicted molar refractivity (Wildman–Crippen MR) is 68.1 cm³/mol. The van der Waals surface area contributed by atoms with Crippen LogP contribution < -0.4 is 5.73 Å². The first-order valence-electron chi connectivity index (χ1n) is 6.53. The molecule has 2 atom stereocenters. The lowest BCUT2D eigenvalue weighted by molar-refractivity contribution is 0.363. The first-order chi connectivity index (χ1) is 7.61. The Bertz CT molecular complexity index is 287. The molecule has 3 nitrogen and oxygen atoms in total. The Balaban J connectivity index is 2.57. The molecule has 0 saturated heterocycles. The van der Waals surface area contributed by atoms with Crippen LogP contribution in [0.5, 0.6) is 0 Å². The van der Waals surface area contributed by atoms with Gasteiger partial charge in [0, 0.05) is 0 Å². The van der Waals surface area contributed by atoms with Crippen molar-refractivity contribution in [1.82, 2.24) is 0 Å². The number of hydrogen-bond donors (Lipinski definition) is 1. The predicted octanol–water partition coefficient (Wildman–Crippen LogP) is 2.11. The van der Waals surface area contributed by atoms with Crippen LogP contribution in [0.2, 0.25) is 0 Å². The van der Waals surface area contributed by atoms with Crippen LogP contribution in [-0.2, 0) is 9.84 Å². The van der Waals surface area contributed by atoms with E-state index in [1.807, 2.05) is 0 Å². The lowest BCUT2D eigenvalue weighted by atomic mass is 9.89. The minimum atomic E-state index is -2.90. The normalized spacial score (nSPS) is 26.9. The summed E-state index contributed by atoms with van der Waals surface area (Å²) in [5.41, 5.74) is 5.68. The Kier molecular flexibility index (Phi) is 5.76. The summed E-state index contributed by atoms with van der Waals surface area (Å²) in [4.78, 5) is 0. The van der Waals surface area contributed by atoms with E-state index in [4.69, 9.17) is 5.73 Å². The fourth-order valence-corrected chi connectivity index (χ4v) is 4.89. The molecule has 1 fully saturated rings. The number of hydrogen-bond acceptors (Lipinski definition) is 3. The van der Waals surface area contributed by atoms with Crippen LogP contribution in [0.3, 0.4) is 0 Å². The second-order valence-corrected chi connectivity index (χ2v) is 7.23. The zero-order valence-corrected chi connectivity index (χ0v) is 11.1. The molecule has 0 aromatic carbocycles. The molecule has 0 aromatic rings. The van der Waals surface area contributed by atoms with E-state index in [0.29, 0.717) is 12.3 Å². The van der Waals surface area contributed by atoms with Gasteiger partial charge in [-0.05, 0) is 31.7 Å². The molecule has 0 aliphatic heterocycles. The average Bonchev–Trinajstić information content (AvgIpc) is 2.29. The van der Waals surface area contributed by atoms with E-state index in [-0.39, 0.29) is 11.2 Å². The van der Waals surface area contributed by atoms with Crippen molar-refractivity contribution in [2.45, 2.75) is 57.1 Å². The molecular formula is C12H25NO2S. The summed E-state index contributed by atoms with van der Waals surface area (Å²) in [6.07, 6.45) is 6.91. The second kappa shape index (κ2) is 6.60. The van der Waals surface area contributed by atoms with Crippen LogP contribution in [0.15, 0.2) is 0 Å². The van der Waals surface area contributed by atoms with Gasteiger partial charge in [0.05, 0.1) is 11.0 Å². The quantitative estimate of drug-likeness (QED) is 0.731. The summed E-state index contributed by atoms with van der Waals surface area (Å²) in [5, 5.41) is -0.150. The highest BCUT2D eigenvalue weighted by atomic mass is 32.2. The molecule has 0 spiro atoms. The van der Waals surface area contributed by atoms with Crippen LogP contribution in [-0.4, -0.2) is 26.0 Å².